The maximum Gasteiger partial charge on any atom is 0.522 e. The van der Waals surface area contributed by atoms with Gasteiger partial charge < -0.3 is 19.3 Å². The molecule has 0 aliphatic carbocycles. The van der Waals surface area contributed by atoms with Crippen LogP contribution >= 0.6 is 12.6 Å². The molecule has 0 aromatic heterocycles. The van der Waals surface area contributed by atoms with E-state index in [1.807, 2.05) is 4.90 Å². The van der Waals surface area contributed by atoms with E-state index in [-0.39, 0.29) is 42.3 Å². The topological polar surface area (TPSA) is 232 Å². The summed E-state index contributed by atoms with van der Waals surface area (Å²) >= 11 is 4.50. The van der Waals surface area contributed by atoms with E-state index < -0.39 is 43.7 Å². The highest BCUT2D eigenvalue weighted by Gasteiger charge is 2.44. The molecule has 0 spiro atoms. The lowest BCUT2D eigenvalue weighted by Gasteiger charge is -2.29. The van der Waals surface area contributed by atoms with E-state index in [1.165, 1.54) is 53.4 Å². The average Bonchev–Trinajstić information content (AvgIpc) is 3.30. The minimum Gasteiger partial charge on any atom is -0.445 e. The molecule has 2 fully saturated rings. The van der Waals surface area contributed by atoms with Crippen molar-refractivity contribution in [3.05, 3.63) is 79.9 Å². The SMILES string of the molecule is CC(=NC(=O)OCc1ccc([N+](=O)[O-])cc1)N1CCCN(C(=O)[C@@H]2C[C@H](S)CN2C(=O)OCc2ccc([N+](=O)[O-])cc2)CC1.O=S(=O)(O)C(F)(F)F. The van der Waals surface area contributed by atoms with Crippen LogP contribution in [0.25, 0.3) is 0 Å². The number of amides is 3. The summed E-state index contributed by atoms with van der Waals surface area (Å²) < 4.78 is 68.1. The van der Waals surface area contributed by atoms with E-state index in [1.54, 1.807) is 11.8 Å². The summed E-state index contributed by atoms with van der Waals surface area (Å²) in [5.74, 6) is 0.216. The van der Waals surface area contributed by atoms with Crippen molar-refractivity contribution in [2.24, 2.45) is 4.99 Å². The van der Waals surface area contributed by atoms with E-state index in [9.17, 15) is 47.8 Å². The number of benzene rings is 2. The van der Waals surface area contributed by atoms with Gasteiger partial charge in [-0.1, -0.05) is 0 Å². The first-order chi connectivity index (χ1) is 24.3. The van der Waals surface area contributed by atoms with Gasteiger partial charge in [-0.05, 0) is 55.2 Å². The number of nitrogens with zero attached hydrogens (tertiary/aromatic N) is 6. The fraction of sp³-hybridized carbons (Fsp3) is 0.448. The van der Waals surface area contributed by atoms with Gasteiger partial charge in [-0.25, -0.2) is 9.59 Å². The second-order valence-corrected chi connectivity index (χ2v) is 13.4. The molecular formula is C29H33F3N6O12S2. The van der Waals surface area contributed by atoms with Crippen LogP contribution in [-0.4, -0.2) is 111 Å². The Balaban J connectivity index is 0.000000815. The first-order valence-corrected chi connectivity index (χ1v) is 17.1. The van der Waals surface area contributed by atoms with Gasteiger partial charge >= 0.3 is 27.8 Å². The number of rotatable bonds is 7. The number of nitro benzene ring substituents is 2. The van der Waals surface area contributed by atoms with Gasteiger partial charge in [0.2, 0.25) is 5.91 Å². The number of amidine groups is 1. The van der Waals surface area contributed by atoms with Crippen LogP contribution in [0.2, 0.25) is 0 Å². The number of carbonyl (C=O) groups is 3. The summed E-state index contributed by atoms with van der Waals surface area (Å²) in [4.78, 5) is 68.3. The van der Waals surface area contributed by atoms with Crippen LogP contribution in [-0.2, 0) is 37.6 Å². The number of carbonyl (C=O) groups excluding carboxylic acids is 3. The van der Waals surface area contributed by atoms with Gasteiger partial charge in [-0.15, -0.1) is 0 Å². The number of non-ortho nitro benzene ring substituents is 2. The molecular weight excluding hydrogens is 745 g/mol. The van der Waals surface area contributed by atoms with Crippen molar-refractivity contribution < 1.29 is 59.8 Å². The average molecular weight is 779 g/mol. The first kappa shape index (κ1) is 41.4. The smallest absolute Gasteiger partial charge is 0.445 e. The summed E-state index contributed by atoms with van der Waals surface area (Å²) in [6, 6.07) is 10.6. The molecule has 2 aromatic carbocycles. The molecule has 1 N–H and O–H groups in total. The minimum atomic E-state index is -5.84. The number of ether oxygens (including phenoxy) is 2. The molecule has 0 bridgehead atoms. The predicted octanol–water partition coefficient (Wildman–Crippen LogP) is 4.20. The number of likely N-dealkylation sites (tertiary alicyclic amines) is 1. The zero-order chi connectivity index (χ0) is 38.8. The fourth-order valence-corrected chi connectivity index (χ4v) is 5.33. The Morgan fingerprint density at radius 3 is 1.85 bits per heavy atom. The van der Waals surface area contributed by atoms with Crippen molar-refractivity contribution in [2.75, 3.05) is 32.7 Å². The number of hydrogen-bond acceptors (Lipinski definition) is 12. The summed E-state index contributed by atoms with van der Waals surface area (Å²) in [5.41, 5.74) is -4.50. The van der Waals surface area contributed by atoms with Gasteiger partial charge in [0.25, 0.3) is 11.4 Å². The van der Waals surface area contributed by atoms with E-state index in [0.29, 0.717) is 56.0 Å². The van der Waals surface area contributed by atoms with Crippen LogP contribution in [0.15, 0.2) is 53.5 Å². The molecule has 2 aliphatic rings. The van der Waals surface area contributed by atoms with Gasteiger partial charge in [-0.2, -0.15) is 39.2 Å². The molecule has 284 valence electrons. The third-order valence-electron chi connectivity index (χ3n) is 7.63. The van der Waals surface area contributed by atoms with Crippen LogP contribution < -0.4 is 0 Å². The van der Waals surface area contributed by atoms with E-state index in [4.69, 9.17) is 22.4 Å². The summed E-state index contributed by atoms with van der Waals surface area (Å²) in [7, 11) is -5.84. The zero-order valence-corrected chi connectivity index (χ0v) is 29.0. The molecule has 2 aliphatic heterocycles. The van der Waals surface area contributed by atoms with Gasteiger partial charge in [0.1, 0.15) is 25.1 Å². The zero-order valence-electron chi connectivity index (χ0n) is 27.2. The monoisotopic (exact) mass is 778 g/mol. The summed E-state index contributed by atoms with van der Waals surface area (Å²) in [5, 5.41) is 21.4. The van der Waals surface area contributed by atoms with Crippen molar-refractivity contribution in [1.82, 2.24) is 14.7 Å². The number of thiol groups is 1. The van der Waals surface area contributed by atoms with Crippen molar-refractivity contribution in [3.63, 3.8) is 0 Å². The Morgan fingerprint density at radius 2 is 1.37 bits per heavy atom. The van der Waals surface area contributed by atoms with E-state index in [2.05, 4.69) is 17.6 Å². The lowest BCUT2D eigenvalue weighted by Crippen LogP contribution is -2.49. The molecule has 2 atom stereocenters. The third kappa shape index (κ3) is 12.0. The lowest BCUT2D eigenvalue weighted by atomic mass is 10.2. The second-order valence-electron chi connectivity index (χ2n) is 11.3. The quantitative estimate of drug-likeness (QED) is 0.0764. The summed E-state index contributed by atoms with van der Waals surface area (Å²) in [6.07, 6.45) is -0.481. The highest BCUT2D eigenvalue weighted by atomic mass is 32.2. The normalized spacial score (nSPS) is 18.1. The molecule has 2 saturated heterocycles. The Bertz CT molecular complexity index is 1760. The molecule has 0 unspecified atom stereocenters. The Morgan fingerprint density at radius 1 is 0.904 bits per heavy atom. The molecule has 23 heteroatoms. The van der Waals surface area contributed by atoms with Crippen LogP contribution in [0.5, 0.6) is 0 Å². The molecule has 2 aromatic rings. The first-order valence-electron chi connectivity index (χ1n) is 15.1. The Hall–Kier alpha value is -5.03. The molecule has 3 amide bonds. The maximum atomic E-state index is 13.5. The van der Waals surface area contributed by atoms with E-state index in [0.717, 1.165) is 0 Å². The van der Waals surface area contributed by atoms with Gasteiger partial charge in [0.05, 0.1) is 9.85 Å². The number of nitro groups is 2. The van der Waals surface area contributed by atoms with Crippen molar-refractivity contribution in [2.45, 2.75) is 49.8 Å². The van der Waals surface area contributed by atoms with Gasteiger partial charge in [0.15, 0.2) is 0 Å². The Kier molecular flexibility index (Phi) is 14.3. The van der Waals surface area contributed by atoms with Crippen molar-refractivity contribution in [3.8, 4) is 0 Å². The largest absolute Gasteiger partial charge is 0.522 e. The molecule has 0 saturated carbocycles. The van der Waals surface area contributed by atoms with Crippen LogP contribution in [0.3, 0.4) is 0 Å². The lowest BCUT2D eigenvalue weighted by molar-refractivity contribution is -0.385. The van der Waals surface area contributed by atoms with Gasteiger partial charge in [-0.3, -0.25) is 34.5 Å². The van der Waals surface area contributed by atoms with E-state index >= 15 is 0 Å². The third-order valence-corrected chi connectivity index (χ3v) is 8.59. The molecule has 18 nitrogen and oxygen atoms in total. The van der Waals surface area contributed by atoms with Crippen LogP contribution in [0.4, 0.5) is 34.1 Å². The molecule has 2 heterocycles. The number of halogens is 3. The van der Waals surface area contributed by atoms with Crippen molar-refractivity contribution >= 4 is 58.1 Å². The highest BCUT2D eigenvalue weighted by Crippen LogP contribution is 2.26. The number of aliphatic imine (C=N–C) groups is 1. The minimum absolute atomic E-state index is 0.0617. The number of alkyl halides is 3. The number of hydrogen-bond donors (Lipinski definition) is 2. The predicted molar refractivity (Wildman–Crippen MR) is 178 cm³/mol. The highest BCUT2D eigenvalue weighted by molar-refractivity contribution is 7.86. The molecule has 52 heavy (non-hydrogen) atoms. The molecule has 4 rings (SSSR count). The van der Waals surface area contributed by atoms with Gasteiger partial charge in [0, 0.05) is 62.2 Å². The second kappa shape index (κ2) is 17.9. The van der Waals surface area contributed by atoms with Crippen LogP contribution in [0.1, 0.15) is 30.9 Å². The maximum absolute atomic E-state index is 13.5. The Labute approximate surface area is 299 Å². The van der Waals surface area contributed by atoms with Crippen molar-refractivity contribution in [1.29, 1.82) is 0 Å². The standard InChI is InChI=1S/C28H32N6O9S.CHF3O3S/c1-19(29-27(36)42-17-20-3-7-22(8-4-20)33(38)39)30-11-2-12-31(14-13-30)26(35)25-15-24(44)16-32(25)28(37)43-18-21-5-9-23(10-6-21)34(40)41;2-1(3,4)8(5,6)7/h3-10,24-25,44H,2,11-18H2,1H3;(H,5,6,7)/t24-,25-;/m0./s1. The summed E-state index contributed by atoms with van der Waals surface area (Å²) in [6.45, 7) is 3.50. The fourth-order valence-electron chi connectivity index (χ4n) is 4.96. The molecule has 0 radical (unpaired) electrons. The van der Waals surface area contributed by atoms with Crippen LogP contribution in [0, 0.1) is 20.2 Å².